The van der Waals surface area contributed by atoms with Gasteiger partial charge in [0.05, 0.1) is 17.3 Å². The normalized spacial score (nSPS) is 18.4. The van der Waals surface area contributed by atoms with Crippen LogP contribution in [0.3, 0.4) is 0 Å². The third-order valence-corrected chi connectivity index (χ3v) is 3.70. The van der Waals surface area contributed by atoms with Crippen molar-refractivity contribution >= 4 is 17.1 Å². The lowest BCUT2D eigenvalue weighted by atomic mass is 10.1. The zero-order chi connectivity index (χ0) is 14.8. The molecule has 0 radical (unpaired) electrons. The van der Waals surface area contributed by atoms with Gasteiger partial charge < -0.3 is 10.0 Å². The second kappa shape index (κ2) is 5.40. The predicted molar refractivity (Wildman–Crippen MR) is 84.5 cm³/mol. The minimum absolute atomic E-state index is 0.211. The van der Waals surface area contributed by atoms with E-state index < -0.39 is 0 Å². The molecule has 1 aromatic carbocycles. The van der Waals surface area contributed by atoms with E-state index in [4.69, 9.17) is 5.41 Å². The molecule has 2 heterocycles. The SMILES string of the molecule is CC[C@H]1C(O)=C(c2ccccn2)C(=N)N1c1ccccc1. The van der Waals surface area contributed by atoms with Gasteiger partial charge in [0.1, 0.15) is 11.6 Å². The van der Waals surface area contributed by atoms with Crippen molar-refractivity contribution in [1.82, 2.24) is 4.98 Å². The Balaban J connectivity index is 2.07. The number of nitrogens with one attached hydrogen (secondary N) is 1. The second-order valence-electron chi connectivity index (χ2n) is 4.95. The molecule has 3 rings (SSSR count). The maximum atomic E-state index is 10.6. The molecule has 0 bridgehead atoms. The summed E-state index contributed by atoms with van der Waals surface area (Å²) in [7, 11) is 0. The zero-order valence-electron chi connectivity index (χ0n) is 11.8. The monoisotopic (exact) mass is 279 g/mol. The fourth-order valence-corrected chi connectivity index (χ4v) is 2.72. The molecule has 1 aromatic heterocycles. The van der Waals surface area contributed by atoms with Crippen LogP contribution < -0.4 is 4.90 Å². The van der Waals surface area contributed by atoms with Crippen molar-refractivity contribution in [3.8, 4) is 0 Å². The Morgan fingerprint density at radius 3 is 2.48 bits per heavy atom. The molecule has 21 heavy (non-hydrogen) atoms. The van der Waals surface area contributed by atoms with Gasteiger partial charge in [-0.1, -0.05) is 31.2 Å². The van der Waals surface area contributed by atoms with E-state index in [1.165, 1.54) is 0 Å². The Morgan fingerprint density at radius 2 is 1.86 bits per heavy atom. The van der Waals surface area contributed by atoms with Crippen molar-refractivity contribution in [2.24, 2.45) is 0 Å². The third-order valence-electron chi connectivity index (χ3n) is 3.70. The second-order valence-corrected chi connectivity index (χ2v) is 4.95. The van der Waals surface area contributed by atoms with Gasteiger partial charge in [0.2, 0.25) is 0 Å². The topological polar surface area (TPSA) is 60.2 Å². The smallest absolute Gasteiger partial charge is 0.138 e. The molecule has 0 unspecified atom stereocenters. The van der Waals surface area contributed by atoms with Crippen LogP contribution in [-0.2, 0) is 0 Å². The molecule has 1 aliphatic rings. The molecule has 0 amide bonds. The first-order valence-electron chi connectivity index (χ1n) is 7.01. The standard InChI is InChI=1S/C17H17N3O/c1-2-14-16(21)15(13-10-6-7-11-19-13)17(18)20(14)12-8-4-3-5-9-12/h3-11,14,18,21H,2H2,1H3/t14-/m0/s1. The van der Waals surface area contributed by atoms with Gasteiger partial charge in [-0.25, -0.2) is 0 Å². The van der Waals surface area contributed by atoms with Crippen LogP contribution >= 0.6 is 0 Å². The predicted octanol–water partition coefficient (Wildman–Crippen LogP) is 3.63. The fraction of sp³-hybridized carbons (Fsp3) is 0.176. The van der Waals surface area contributed by atoms with E-state index in [2.05, 4.69) is 4.98 Å². The summed E-state index contributed by atoms with van der Waals surface area (Å²) >= 11 is 0. The lowest BCUT2D eigenvalue weighted by molar-refractivity contribution is 0.373. The van der Waals surface area contributed by atoms with Crippen LogP contribution in [0.15, 0.2) is 60.5 Å². The van der Waals surface area contributed by atoms with Crippen LogP contribution in [0.25, 0.3) is 5.57 Å². The van der Waals surface area contributed by atoms with E-state index in [0.29, 0.717) is 17.1 Å². The molecule has 0 saturated carbocycles. The number of aromatic nitrogens is 1. The van der Waals surface area contributed by atoms with Crippen LogP contribution in [0.1, 0.15) is 19.0 Å². The van der Waals surface area contributed by atoms with Gasteiger partial charge in [0.15, 0.2) is 0 Å². The maximum Gasteiger partial charge on any atom is 0.138 e. The average Bonchev–Trinajstić information content (AvgIpc) is 2.79. The van der Waals surface area contributed by atoms with E-state index >= 15 is 0 Å². The lowest BCUT2D eigenvalue weighted by Crippen LogP contribution is -2.34. The Morgan fingerprint density at radius 1 is 1.14 bits per heavy atom. The minimum Gasteiger partial charge on any atom is -0.509 e. The number of aliphatic hydroxyl groups is 1. The van der Waals surface area contributed by atoms with Crippen LogP contribution in [0, 0.1) is 5.41 Å². The first-order valence-corrected chi connectivity index (χ1v) is 7.01. The molecule has 1 aliphatic heterocycles. The summed E-state index contributed by atoms with van der Waals surface area (Å²) in [4.78, 5) is 6.13. The summed E-state index contributed by atoms with van der Waals surface area (Å²) in [6.07, 6.45) is 2.40. The van der Waals surface area contributed by atoms with Crippen LogP contribution in [0.2, 0.25) is 0 Å². The summed E-state index contributed by atoms with van der Waals surface area (Å²) in [5, 5.41) is 19.0. The van der Waals surface area contributed by atoms with Gasteiger partial charge in [-0.15, -0.1) is 0 Å². The number of amidine groups is 1. The number of aliphatic hydroxyl groups excluding tert-OH is 1. The van der Waals surface area contributed by atoms with Crippen molar-refractivity contribution in [1.29, 1.82) is 5.41 Å². The molecular formula is C17H17N3O. The van der Waals surface area contributed by atoms with Crippen molar-refractivity contribution in [3.63, 3.8) is 0 Å². The quantitative estimate of drug-likeness (QED) is 0.902. The summed E-state index contributed by atoms with van der Waals surface area (Å²) < 4.78 is 0. The molecule has 4 nitrogen and oxygen atoms in total. The van der Waals surface area contributed by atoms with Crippen molar-refractivity contribution in [3.05, 3.63) is 66.2 Å². The zero-order valence-corrected chi connectivity index (χ0v) is 11.8. The highest BCUT2D eigenvalue weighted by Crippen LogP contribution is 2.35. The van der Waals surface area contributed by atoms with E-state index in [9.17, 15) is 5.11 Å². The van der Waals surface area contributed by atoms with Crippen LogP contribution in [-0.4, -0.2) is 22.0 Å². The summed E-state index contributed by atoms with van der Waals surface area (Å²) in [5.41, 5.74) is 2.06. The molecule has 0 spiro atoms. The van der Waals surface area contributed by atoms with Crippen molar-refractivity contribution in [2.45, 2.75) is 19.4 Å². The maximum absolute atomic E-state index is 10.6. The summed E-state index contributed by atoms with van der Waals surface area (Å²) in [6.45, 7) is 2.01. The lowest BCUT2D eigenvalue weighted by Gasteiger charge is -2.26. The molecule has 2 N–H and O–H groups in total. The van der Waals surface area contributed by atoms with Gasteiger partial charge in [-0.3, -0.25) is 10.4 Å². The highest BCUT2D eigenvalue weighted by atomic mass is 16.3. The molecule has 0 aliphatic carbocycles. The Kier molecular flexibility index (Phi) is 3.44. The first-order chi connectivity index (χ1) is 10.2. The molecule has 0 saturated heterocycles. The number of rotatable bonds is 3. The van der Waals surface area contributed by atoms with Gasteiger partial charge in [0, 0.05) is 11.9 Å². The molecule has 1 atom stereocenters. The van der Waals surface area contributed by atoms with E-state index in [0.717, 1.165) is 12.1 Å². The van der Waals surface area contributed by atoms with E-state index in [1.54, 1.807) is 6.20 Å². The average molecular weight is 279 g/mol. The highest BCUT2D eigenvalue weighted by Gasteiger charge is 2.37. The number of anilines is 1. The van der Waals surface area contributed by atoms with Crippen LogP contribution in [0.5, 0.6) is 0 Å². The number of hydrogen-bond donors (Lipinski definition) is 2. The Labute approximate surface area is 123 Å². The number of pyridine rings is 1. The molecule has 0 fully saturated rings. The third kappa shape index (κ3) is 2.18. The number of benzene rings is 1. The van der Waals surface area contributed by atoms with Gasteiger partial charge in [0.25, 0.3) is 0 Å². The van der Waals surface area contributed by atoms with Crippen molar-refractivity contribution in [2.75, 3.05) is 4.90 Å². The molecule has 106 valence electrons. The van der Waals surface area contributed by atoms with E-state index in [1.807, 2.05) is 60.4 Å². The Hall–Kier alpha value is -2.62. The summed E-state index contributed by atoms with van der Waals surface area (Å²) in [5.74, 6) is 0.523. The van der Waals surface area contributed by atoms with Gasteiger partial charge in [-0.05, 0) is 30.7 Å². The molecule has 4 heteroatoms. The van der Waals surface area contributed by atoms with E-state index in [-0.39, 0.29) is 11.8 Å². The summed E-state index contributed by atoms with van der Waals surface area (Å²) in [6, 6.07) is 15.0. The Bertz CT molecular complexity index is 680. The minimum atomic E-state index is -0.211. The van der Waals surface area contributed by atoms with Crippen molar-refractivity contribution < 1.29 is 5.11 Å². The van der Waals surface area contributed by atoms with Gasteiger partial charge >= 0.3 is 0 Å². The molecular weight excluding hydrogens is 262 g/mol. The molecule has 2 aromatic rings. The van der Waals surface area contributed by atoms with Crippen LogP contribution in [0.4, 0.5) is 5.69 Å². The highest BCUT2D eigenvalue weighted by molar-refractivity contribution is 6.31. The fourth-order valence-electron chi connectivity index (χ4n) is 2.72. The van der Waals surface area contributed by atoms with Gasteiger partial charge in [-0.2, -0.15) is 0 Å². The first kappa shape index (κ1) is 13.4. The number of hydrogen-bond acceptors (Lipinski definition) is 3. The number of nitrogens with zero attached hydrogens (tertiary/aromatic N) is 2. The largest absolute Gasteiger partial charge is 0.509 e. The number of para-hydroxylation sites is 1.